The molecule has 0 aliphatic carbocycles. The van der Waals surface area contributed by atoms with Crippen molar-refractivity contribution in [2.24, 2.45) is 5.92 Å². The highest BCUT2D eigenvalue weighted by molar-refractivity contribution is 8.00. The van der Waals surface area contributed by atoms with E-state index in [0.717, 1.165) is 12.0 Å². The Kier molecular flexibility index (Phi) is 3.86. The number of carbonyl (C=O) groups excluding carboxylic acids is 2. The molecule has 2 saturated heterocycles. The van der Waals surface area contributed by atoms with E-state index in [1.165, 1.54) is 16.7 Å². The molecule has 18 heavy (non-hydrogen) atoms. The Morgan fingerprint density at radius 2 is 2.22 bits per heavy atom. The van der Waals surface area contributed by atoms with Crippen molar-refractivity contribution >= 4 is 33.4 Å². The number of sulfone groups is 1. The van der Waals surface area contributed by atoms with Crippen LogP contribution in [0.3, 0.4) is 0 Å². The van der Waals surface area contributed by atoms with Crippen LogP contribution >= 0.6 is 11.8 Å². The molecule has 2 atom stereocenters. The molecule has 8 heteroatoms. The van der Waals surface area contributed by atoms with Gasteiger partial charge in [-0.3, -0.25) is 9.59 Å². The van der Waals surface area contributed by atoms with E-state index in [-0.39, 0.29) is 18.2 Å². The fraction of sp³-hybridized carbons (Fsp3) is 0.800. The summed E-state index contributed by atoms with van der Waals surface area (Å²) < 4.78 is 23.4. The molecule has 2 fully saturated rings. The van der Waals surface area contributed by atoms with Gasteiger partial charge in [-0.2, -0.15) is 11.8 Å². The number of amides is 2. The zero-order chi connectivity index (χ0) is 13.3. The van der Waals surface area contributed by atoms with Gasteiger partial charge >= 0.3 is 0 Å². The van der Waals surface area contributed by atoms with Gasteiger partial charge in [0.15, 0.2) is 9.84 Å². The molecule has 2 aliphatic rings. The Labute approximate surface area is 110 Å². The lowest BCUT2D eigenvalue weighted by Crippen LogP contribution is -2.52. The molecule has 2 aliphatic heterocycles. The molecule has 0 radical (unpaired) electrons. The lowest BCUT2D eigenvalue weighted by molar-refractivity contribution is -0.136. The number of hydrogen-bond donors (Lipinski definition) is 1. The summed E-state index contributed by atoms with van der Waals surface area (Å²) in [5, 5.41) is 1.85. The maximum absolute atomic E-state index is 12.3. The molecular weight excluding hydrogens is 276 g/mol. The molecular formula is C10H16N2O4S2. The summed E-state index contributed by atoms with van der Waals surface area (Å²) in [6, 6.07) is 0. The van der Waals surface area contributed by atoms with Gasteiger partial charge in [0.2, 0.25) is 11.8 Å². The van der Waals surface area contributed by atoms with Crippen molar-refractivity contribution in [3.63, 3.8) is 0 Å². The van der Waals surface area contributed by atoms with E-state index in [2.05, 4.69) is 5.32 Å². The third-order valence-corrected chi connectivity index (χ3v) is 5.83. The Hall–Kier alpha value is -0.760. The fourth-order valence-electron chi connectivity index (χ4n) is 2.20. The van der Waals surface area contributed by atoms with Crippen LogP contribution in [0, 0.1) is 5.92 Å². The molecule has 0 aromatic heterocycles. The van der Waals surface area contributed by atoms with Crippen molar-refractivity contribution in [3.8, 4) is 0 Å². The molecule has 102 valence electrons. The first-order valence-electron chi connectivity index (χ1n) is 5.73. The highest BCUT2D eigenvalue weighted by atomic mass is 32.2. The average Bonchev–Trinajstić information content (AvgIpc) is 2.74. The van der Waals surface area contributed by atoms with Crippen LogP contribution in [0.15, 0.2) is 0 Å². The lowest BCUT2D eigenvalue weighted by Gasteiger charge is -2.35. The van der Waals surface area contributed by atoms with Crippen molar-refractivity contribution in [1.82, 2.24) is 10.2 Å². The minimum atomic E-state index is -3.28. The summed E-state index contributed by atoms with van der Waals surface area (Å²) in [6.07, 6.45) is 1.32. The Morgan fingerprint density at radius 1 is 1.50 bits per heavy atom. The third-order valence-electron chi connectivity index (χ3n) is 3.19. The minimum absolute atomic E-state index is 0.143. The van der Waals surface area contributed by atoms with E-state index >= 15 is 0 Å². The standard InChI is InChI=1S/C10H16N2O4S2/c1-18(15,16)9-6-17-3-2-12(9)10(14)7-4-8(13)11-5-7/h7,9H,2-6H2,1H3,(H,11,13). The van der Waals surface area contributed by atoms with Gasteiger partial charge in [0, 0.05) is 37.3 Å². The molecule has 2 heterocycles. The molecule has 2 amide bonds. The van der Waals surface area contributed by atoms with Crippen molar-refractivity contribution in [2.45, 2.75) is 11.8 Å². The van der Waals surface area contributed by atoms with Gasteiger partial charge in [-0.1, -0.05) is 0 Å². The largest absolute Gasteiger partial charge is 0.355 e. The van der Waals surface area contributed by atoms with Crippen LogP contribution in [-0.4, -0.2) is 61.4 Å². The molecule has 1 N–H and O–H groups in total. The van der Waals surface area contributed by atoms with Crippen LogP contribution in [0.2, 0.25) is 0 Å². The number of nitrogens with zero attached hydrogens (tertiary/aromatic N) is 1. The number of hydrogen-bond acceptors (Lipinski definition) is 5. The van der Waals surface area contributed by atoms with E-state index < -0.39 is 21.1 Å². The van der Waals surface area contributed by atoms with Crippen LogP contribution in [0.5, 0.6) is 0 Å². The van der Waals surface area contributed by atoms with Gasteiger partial charge < -0.3 is 10.2 Å². The molecule has 2 rings (SSSR count). The first kappa shape index (κ1) is 13.7. The summed E-state index contributed by atoms with van der Waals surface area (Å²) in [7, 11) is -3.28. The average molecular weight is 292 g/mol. The van der Waals surface area contributed by atoms with Gasteiger partial charge in [0.1, 0.15) is 5.37 Å². The predicted molar refractivity (Wildman–Crippen MR) is 68.8 cm³/mol. The second kappa shape index (κ2) is 5.08. The van der Waals surface area contributed by atoms with Crippen molar-refractivity contribution in [3.05, 3.63) is 0 Å². The summed E-state index contributed by atoms with van der Waals surface area (Å²) in [5.41, 5.74) is 0. The molecule has 0 spiro atoms. The summed E-state index contributed by atoms with van der Waals surface area (Å²) in [6.45, 7) is 0.754. The smallest absolute Gasteiger partial charge is 0.229 e. The maximum Gasteiger partial charge on any atom is 0.229 e. The van der Waals surface area contributed by atoms with Crippen molar-refractivity contribution in [1.29, 1.82) is 0 Å². The Bertz CT molecular complexity index is 462. The second-order valence-electron chi connectivity index (χ2n) is 4.60. The molecule has 0 aromatic carbocycles. The fourth-order valence-corrected chi connectivity index (χ4v) is 5.03. The Balaban J connectivity index is 2.14. The summed E-state index contributed by atoms with van der Waals surface area (Å²) in [4.78, 5) is 24.8. The van der Waals surface area contributed by atoms with Crippen LogP contribution in [0.25, 0.3) is 0 Å². The molecule has 2 unspecified atom stereocenters. The molecule has 0 bridgehead atoms. The van der Waals surface area contributed by atoms with Gasteiger partial charge in [0.05, 0.1) is 5.92 Å². The summed E-state index contributed by atoms with van der Waals surface area (Å²) in [5.74, 6) is 0.384. The number of carbonyl (C=O) groups is 2. The first-order valence-corrected chi connectivity index (χ1v) is 8.84. The normalized spacial score (nSPS) is 29.2. The third kappa shape index (κ3) is 2.80. The van der Waals surface area contributed by atoms with E-state index in [4.69, 9.17) is 0 Å². The lowest BCUT2D eigenvalue weighted by atomic mass is 10.1. The zero-order valence-electron chi connectivity index (χ0n) is 10.1. The highest BCUT2D eigenvalue weighted by Gasteiger charge is 2.39. The Morgan fingerprint density at radius 3 is 2.78 bits per heavy atom. The molecule has 6 nitrogen and oxygen atoms in total. The maximum atomic E-state index is 12.3. The van der Waals surface area contributed by atoms with Crippen LogP contribution in [0.1, 0.15) is 6.42 Å². The number of rotatable bonds is 2. The van der Waals surface area contributed by atoms with Crippen molar-refractivity contribution < 1.29 is 18.0 Å². The van der Waals surface area contributed by atoms with Crippen LogP contribution in [0.4, 0.5) is 0 Å². The first-order chi connectivity index (χ1) is 8.39. The zero-order valence-corrected chi connectivity index (χ0v) is 11.7. The van der Waals surface area contributed by atoms with E-state index in [0.29, 0.717) is 18.8 Å². The van der Waals surface area contributed by atoms with Gasteiger partial charge in [-0.05, 0) is 0 Å². The SMILES string of the molecule is CS(=O)(=O)C1CSCCN1C(=O)C1CNC(=O)C1. The minimum Gasteiger partial charge on any atom is -0.355 e. The quantitative estimate of drug-likeness (QED) is 0.711. The van der Waals surface area contributed by atoms with Crippen LogP contribution < -0.4 is 5.32 Å². The predicted octanol–water partition coefficient (Wildman–Crippen LogP) is -0.931. The monoisotopic (exact) mass is 292 g/mol. The van der Waals surface area contributed by atoms with Gasteiger partial charge in [0.25, 0.3) is 0 Å². The number of nitrogens with one attached hydrogen (secondary N) is 1. The van der Waals surface area contributed by atoms with E-state index in [9.17, 15) is 18.0 Å². The second-order valence-corrected chi connectivity index (χ2v) is 7.95. The highest BCUT2D eigenvalue weighted by Crippen LogP contribution is 2.24. The van der Waals surface area contributed by atoms with Crippen LogP contribution in [-0.2, 0) is 19.4 Å². The number of thioether (sulfide) groups is 1. The van der Waals surface area contributed by atoms with Gasteiger partial charge in [-0.25, -0.2) is 8.42 Å². The molecule has 0 aromatic rings. The topological polar surface area (TPSA) is 83.6 Å². The van der Waals surface area contributed by atoms with E-state index in [1.807, 2.05) is 0 Å². The summed E-state index contributed by atoms with van der Waals surface area (Å²) >= 11 is 1.54. The van der Waals surface area contributed by atoms with Gasteiger partial charge in [-0.15, -0.1) is 0 Å². The van der Waals surface area contributed by atoms with E-state index in [1.54, 1.807) is 0 Å². The molecule has 0 saturated carbocycles. The van der Waals surface area contributed by atoms with Crippen molar-refractivity contribution in [2.75, 3.05) is 30.9 Å².